The number of pyridine rings is 2. The van der Waals surface area contributed by atoms with E-state index in [1.165, 1.54) is 6.20 Å². The number of benzene rings is 1. The van der Waals surface area contributed by atoms with E-state index in [0.717, 1.165) is 21.1 Å². The molecule has 4 rings (SSSR count). The SMILES string of the molecule is CCNC(=O)c1cnc(-c2ccc(-c3nc4ccc(Br)cc4[nH]3)nc2)c(Cl)c1. The van der Waals surface area contributed by atoms with E-state index in [1.807, 2.05) is 37.3 Å². The first kappa shape index (κ1) is 18.6. The van der Waals surface area contributed by atoms with E-state index in [4.69, 9.17) is 11.6 Å². The number of aromatic nitrogens is 4. The maximum atomic E-state index is 11.9. The molecular weight excluding hydrogens is 442 g/mol. The quantitative estimate of drug-likeness (QED) is 0.460. The first-order valence-electron chi connectivity index (χ1n) is 8.61. The van der Waals surface area contributed by atoms with Gasteiger partial charge in [0.2, 0.25) is 0 Å². The van der Waals surface area contributed by atoms with E-state index < -0.39 is 0 Å². The number of aromatic amines is 1. The molecule has 0 aliphatic heterocycles. The summed E-state index contributed by atoms with van der Waals surface area (Å²) in [6, 6.07) is 11.2. The van der Waals surface area contributed by atoms with Crippen LogP contribution in [0.5, 0.6) is 0 Å². The second kappa shape index (κ2) is 7.69. The van der Waals surface area contributed by atoms with Gasteiger partial charge in [-0.3, -0.25) is 14.8 Å². The Balaban J connectivity index is 1.63. The first-order chi connectivity index (χ1) is 13.5. The standard InChI is InChI=1S/C20H15BrClN5O/c1-2-23-20(28)12-7-14(22)18(25-10-12)11-3-5-16(24-9-11)19-26-15-6-4-13(21)8-17(15)27-19/h3-10H,2H2,1H3,(H,23,28)(H,26,27). The summed E-state index contributed by atoms with van der Waals surface area (Å²) < 4.78 is 0.982. The Bertz CT molecular complexity index is 1170. The lowest BCUT2D eigenvalue weighted by Crippen LogP contribution is -2.22. The van der Waals surface area contributed by atoms with Crippen LogP contribution in [-0.2, 0) is 0 Å². The number of nitrogens with one attached hydrogen (secondary N) is 2. The molecule has 2 N–H and O–H groups in total. The van der Waals surface area contributed by atoms with Crippen molar-refractivity contribution in [3.63, 3.8) is 0 Å². The zero-order chi connectivity index (χ0) is 19.7. The predicted octanol–water partition coefficient (Wildman–Crippen LogP) is 4.85. The summed E-state index contributed by atoms with van der Waals surface area (Å²) in [5.41, 5.74) is 4.27. The summed E-state index contributed by atoms with van der Waals surface area (Å²) in [5.74, 6) is 0.485. The monoisotopic (exact) mass is 455 g/mol. The molecule has 0 fully saturated rings. The minimum absolute atomic E-state index is 0.201. The lowest BCUT2D eigenvalue weighted by Gasteiger charge is -2.07. The Kier molecular flexibility index (Phi) is 5.11. The van der Waals surface area contributed by atoms with Crippen LogP contribution in [0.2, 0.25) is 5.02 Å². The van der Waals surface area contributed by atoms with Gasteiger partial charge in [-0.1, -0.05) is 27.5 Å². The van der Waals surface area contributed by atoms with Crippen molar-refractivity contribution in [3.05, 3.63) is 63.9 Å². The van der Waals surface area contributed by atoms with Crippen molar-refractivity contribution in [2.24, 2.45) is 0 Å². The fourth-order valence-corrected chi connectivity index (χ4v) is 3.45. The minimum atomic E-state index is -0.201. The van der Waals surface area contributed by atoms with Crippen molar-refractivity contribution in [3.8, 4) is 22.8 Å². The third kappa shape index (κ3) is 3.63. The minimum Gasteiger partial charge on any atom is -0.352 e. The van der Waals surface area contributed by atoms with E-state index in [9.17, 15) is 4.79 Å². The second-order valence-electron chi connectivity index (χ2n) is 6.09. The largest absolute Gasteiger partial charge is 0.352 e. The molecule has 0 aliphatic carbocycles. The molecule has 0 atom stereocenters. The normalized spacial score (nSPS) is 11.0. The number of halogens is 2. The van der Waals surface area contributed by atoms with Gasteiger partial charge in [0.05, 0.1) is 27.3 Å². The van der Waals surface area contributed by atoms with E-state index in [-0.39, 0.29) is 5.91 Å². The van der Waals surface area contributed by atoms with Gasteiger partial charge in [0, 0.05) is 29.0 Å². The van der Waals surface area contributed by atoms with E-state index in [1.54, 1.807) is 12.3 Å². The fraction of sp³-hybridized carbons (Fsp3) is 0.100. The third-order valence-corrected chi connectivity index (χ3v) is 4.95. The second-order valence-corrected chi connectivity index (χ2v) is 7.42. The average molecular weight is 457 g/mol. The lowest BCUT2D eigenvalue weighted by molar-refractivity contribution is 0.0955. The van der Waals surface area contributed by atoms with E-state index in [2.05, 4.69) is 41.2 Å². The number of imidazole rings is 1. The molecule has 28 heavy (non-hydrogen) atoms. The van der Waals surface area contributed by atoms with Crippen LogP contribution in [0.25, 0.3) is 33.8 Å². The highest BCUT2D eigenvalue weighted by Gasteiger charge is 2.12. The lowest BCUT2D eigenvalue weighted by atomic mass is 10.1. The fourth-order valence-electron chi connectivity index (χ4n) is 2.81. The smallest absolute Gasteiger partial charge is 0.252 e. The summed E-state index contributed by atoms with van der Waals surface area (Å²) in [6.07, 6.45) is 3.20. The van der Waals surface area contributed by atoms with Crippen LogP contribution >= 0.6 is 27.5 Å². The van der Waals surface area contributed by atoms with Gasteiger partial charge in [0.15, 0.2) is 5.82 Å². The van der Waals surface area contributed by atoms with Gasteiger partial charge in [0.25, 0.3) is 5.91 Å². The molecule has 0 saturated carbocycles. The molecule has 0 spiro atoms. The highest BCUT2D eigenvalue weighted by atomic mass is 79.9. The molecule has 0 radical (unpaired) electrons. The van der Waals surface area contributed by atoms with Crippen molar-refractivity contribution in [2.45, 2.75) is 6.92 Å². The molecule has 0 aliphatic rings. The van der Waals surface area contributed by atoms with E-state index >= 15 is 0 Å². The number of hydrogen-bond donors (Lipinski definition) is 2. The molecule has 3 aromatic heterocycles. The highest BCUT2D eigenvalue weighted by Crippen LogP contribution is 2.28. The number of carbonyl (C=O) groups excluding carboxylic acids is 1. The van der Waals surface area contributed by atoms with E-state index in [0.29, 0.717) is 34.3 Å². The van der Waals surface area contributed by atoms with Gasteiger partial charge in [-0.15, -0.1) is 0 Å². The van der Waals surface area contributed by atoms with Crippen LogP contribution in [0, 0.1) is 0 Å². The molecule has 8 heteroatoms. The van der Waals surface area contributed by atoms with Gasteiger partial charge < -0.3 is 10.3 Å². The Hall–Kier alpha value is -2.77. The summed E-state index contributed by atoms with van der Waals surface area (Å²) in [5, 5.41) is 3.12. The van der Waals surface area contributed by atoms with Crippen molar-refractivity contribution >= 4 is 44.5 Å². The summed E-state index contributed by atoms with van der Waals surface area (Å²) >= 11 is 9.79. The third-order valence-electron chi connectivity index (χ3n) is 4.16. The molecule has 1 amide bonds. The number of H-pyrrole nitrogens is 1. The summed E-state index contributed by atoms with van der Waals surface area (Å²) in [7, 11) is 0. The van der Waals surface area contributed by atoms with Crippen molar-refractivity contribution < 1.29 is 4.79 Å². The molecule has 6 nitrogen and oxygen atoms in total. The molecule has 0 unspecified atom stereocenters. The van der Waals surface area contributed by atoms with Crippen LogP contribution in [-0.4, -0.2) is 32.4 Å². The molecule has 0 bridgehead atoms. The van der Waals surface area contributed by atoms with Crippen molar-refractivity contribution in [1.29, 1.82) is 0 Å². The van der Waals surface area contributed by atoms with Crippen LogP contribution in [0.4, 0.5) is 0 Å². The van der Waals surface area contributed by atoms with Crippen LogP contribution in [0.15, 0.2) is 53.3 Å². The van der Waals surface area contributed by atoms with Crippen molar-refractivity contribution in [1.82, 2.24) is 25.3 Å². The Morgan fingerprint density at radius 3 is 2.75 bits per heavy atom. The Labute approximate surface area is 174 Å². The maximum absolute atomic E-state index is 11.9. The molecular formula is C20H15BrClN5O. The zero-order valence-corrected chi connectivity index (χ0v) is 17.2. The number of hydrogen-bond acceptors (Lipinski definition) is 4. The Morgan fingerprint density at radius 1 is 1.18 bits per heavy atom. The van der Waals surface area contributed by atoms with Crippen LogP contribution < -0.4 is 5.32 Å². The predicted molar refractivity (Wildman–Crippen MR) is 113 cm³/mol. The Morgan fingerprint density at radius 2 is 2.04 bits per heavy atom. The summed E-state index contributed by atoms with van der Waals surface area (Å²) in [4.78, 5) is 28.6. The van der Waals surface area contributed by atoms with Crippen LogP contribution in [0.3, 0.4) is 0 Å². The number of rotatable bonds is 4. The number of amides is 1. The molecule has 3 heterocycles. The average Bonchev–Trinajstić information content (AvgIpc) is 3.11. The maximum Gasteiger partial charge on any atom is 0.252 e. The van der Waals surface area contributed by atoms with Gasteiger partial charge in [-0.25, -0.2) is 4.98 Å². The zero-order valence-electron chi connectivity index (χ0n) is 14.8. The molecule has 0 saturated heterocycles. The van der Waals surface area contributed by atoms with Gasteiger partial charge in [-0.05, 0) is 43.3 Å². The first-order valence-corrected chi connectivity index (χ1v) is 9.78. The number of fused-ring (bicyclic) bond motifs is 1. The van der Waals surface area contributed by atoms with Gasteiger partial charge in [0.1, 0.15) is 5.69 Å². The van der Waals surface area contributed by atoms with Crippen molar-refractivity contribution in [2.75, 3.05) is 6.54 Å². The number of nitrogens with zero attached hydrogens (tertiary/aromatic N) is 3. The number of carbonyl (C=O) groups is 1. The summed E-state index contributed by atoms with van der Waals surface area (Å²) in [6.45, 7) is 2.40. The highest BCUT2D eigenvalue weighted by molar-refractivity contribution is 9.10. The molecule has 4 aromatic rings. The topological polar surface area (TPSA) is 83.6 Å². The molecule has 1 aromatic carbocycles. The van der Waals surface area contributed by atoms with Gasteiger partial charge >= 0.3 is 0 Å². The van der Waals surface area contributed by atoms with Crippen LogP contribution in [0.1, 0.15) is 17.3 Å². The van der Waals surface area contributed by atoms with Gasteiger partial charge in [-0.2, -0.15) is 0 Å². The molecule has 140 valence electrons.